The number of hydrogen-bond acceptors (Lipinski definition) is 11. The van der Waals surface area contributed by atoms with Gasteiger partial charge in [-0.25, -0.2) is 0 Å². The molecule has 0 saturated carbocycles. The molecular weight excluding hydrogens is 536 g/mol. The summed E-state index contributed by atoms with van der Waals surface area (Å²) in [5.41, 5.74) is 2.00. The summed E-state index contributed by atoms with van der Waals surface area (Å²) in [5.74, 6) is -4.28. The maximum Gasteiger partial charge on any atom is 0.279 e. The smallest absolute Gasteiger partial charge is 0.279 e. The van der Waals surface area contributed by atoms with Crippen LogP contribution in [-0.2, 0) is 12.2 Å². The van der Waals surface area contributed by atoms with Crippen molar-refractivity contribution in [3.05, 3.63) is 82.4 Å². The molecule has 0 spiro atoms. The number of hydrogen-bond donors (Lipinski definition) is 8. The van der Waals surface area contributed by atoms with Gasteiger partial charge < -0.3 is 55.1 Å². The van der Waals surface area contributed by atoms with E-state index in [0.717, 1.165) is 0 Å². The van der Waals surface area contributed by atoms with E-state index in [1.54, 1.807) is 6.07 Å². The Morgan fingerprint density at radius 1 is 0.707 bits per heavy atom. The van der Waals surface area contributed by atoms with Crippen LogP contribution >= 0.6 is 0 Å². The van der Waals surface area contributed by atoms with E-state index in [9.17, 15) is 40.9 Å². The van der Waals surface area contributed by atoms with Crippen molar-refractivity contribution in [1.82, 2.24) is 0 Å². The highest BCUT2D eigenvalue weighted by Gasteiger charge is 2.52. The van der Waals surface area contributed by atoms with Gasteiger partial charge in [0.05, 0.1) is 6.10 Å². The van der Waals surface area contributed by atoms with Crippen molar-refractivity contribution in [2.24, 2.45) is 0 Å². The first-order valence-corrected chi connectivity index (χ1v) is 12.8. The Balaban J connectivity index is 1.43. The summed E-state index contributed by atoms with van der Waals surface area (Å²) in [6.45, 7) is 0. The highest BCUT2D eigenvalue weighted by Crippen LogP contribution is 2.61. The molecule has 0 unspecified atom stereocenters. The first-order valence-electron chi connectivity index (χ1n) is 12.8. The van der Waals surface area contributed by atoms with Crippen LogP contribution in [0.25, 0.3) is 0 Å². The molecule has 4 aromatic rings. The predicted molar refractivity (Wildman–Crippen MR) is 140 cm³/mol. The lowest BCUT2D eigenvalue weighted by atomic mass is 9.76. The Bertz CT molecular complexity index is 1730. The highest BCUT2D eigenvalue weighted by molar-refractivity contribution is 5.65. The van der Waals surface area contributed by atoms with E-state index in [4.69, 9.17) is 14.2 Å². The zero-order chi connectivity index (χ0) is 28.8. The molecular formula is C30H24O11. The third kappa shape index (κ3) is 3.62. The minimum Gasteiger partial charge on any atom is -0.508 e. The lowest BCUT2D eigenvalue weighted by Crippen LogP contribution is -2.47. The molecule has 0 aliphatic carbocycles. The summed E-state index contributed by atoms with van der Waals surface area (Å²) >= 11 is 0. The lowest BCUT2D eigenvalue weighted by Gasteiger charge is -2.47. The van der Waals surface area contributed by atoms with Crippen LogP contribution in [0.2, 0.25) is 0 Å². The number of rotatable bonds is 2. The molecule has 0 radical (unpaired) electrons. The monoisotopic (exact) mass is 560 g/mol. The molecule has 11 heteroatoms. The summed E-state index contributed by atoms with van der Waals surface area (Å²) in [4.78, 5) is 0. The fourth-order valence-electron chi connectivity index (χ4n) is 6.01. The van der Waals surface area contributed by atoms with Crippen LogP contribution in [0.1, 0.15) is 46.3 Å². The van der Waals surface area contributed by atoms with Gasteiger partial charge in [-0.2, -0.15) is 0 Å². The summed E-state index contributed by atoms with van der Waals surface area (Å²) in [6.07, 6.45) is -2.00. The van der Waals surface area contributed by atoms with Gasteiger partial charge in [0.15, 0.2) is 28.7 Å². The van der Waals surface area contributed by atoms with Crippen LogP contribution in [0.5, 0.6) is 57.5 Å². The Hall–Kier alpha value is -5.16. The molecule has 4 atom stereocenters. The summed E-state index contributed by atoms with van der Waals surface area (Å²) < 4.78 is 19.0. The topological polar surface area (TPSA) is 190 Å². The normalized spacial score (nSPS) is 23.7. The number of benzene rings is 4. The van der Waals surface area contributed by atoms with Gasteiger partial charge in [-0.05, 0) is 48.0 Å². The van der Waals surface area contributed by atoms with Crippen molar-refractivity contribution in [3.63, 3.8) is 0 Å². The largest absolute Gasteiger partial charge is 0.508 e. The van der Waals surface area contributed by atoms with Crippen molar-refractivity contribution in [2.75, 3.05) is 0 Å². The molecule has 11 nitrogen and oxygen atoms in total. The predicted octanol–water partition coefficient (Wildman–Crippen LogP) is 3.82. The van der Waals surface area contributed by atoms with E-state index in [1.807, 2.05) is 0 Å². The van der Waals surface area contributed by atoms with Crippen LogP contribution < -0.4 is 14.2 Å². The van der Waals surface area contributed by atoms with Crippen molar-refractivity contribution in [2.45, 2.75) is 36.8 Å². The van der Waals surface area contributed by atoms with E-state index in [-0.39, 0.29) is 52.9 Å². The number of phenols is 7. The van der Waals surface area contributed by atoms with Crippen molar-refractivity contribution < 1.29 is 55.1 Å². The van der Waals surface area contributed by atoms with E-state index >= 15 is 0 Å². The summed E-state index contributed by atoms with van der Waals surface area (Å²) in [5, 5.41) is 82.6. The molecule has 4 aromatic carbocycles. The SMILES string of the molecule is Oc1ccc2c(c1)[C@@H]1C[C@](c3cc(O)c(O)c(O)c3)(O2)Oc2cc(O)c3c(c21)O[C@H](c1ccc(O)c(O)c1)[C@@H](O)C3. The molecule has 2 bridgehead atoms. The summed E-state index contributed by atoms with van der Waals surface area (Å²) in [6, 6.07) is 12.4. The molecule has 210 valence electrons. The number of fused-ring (bicyclic) bond motifs is 8. The third-order valence-corrected chi connectivity index (χ3v) is 7.95. The van der Waals surface area contributed by atoms with E-state index < -0.39 is 41.2 Å². The quantitative estimate of drug-likeness (QED) is 0.166. The molecule has 41 heavy (non-hydrogen) atoms. The maximum atomic E-state index is 11.0. The third-order valence-electron chi connectivity index (χ3n) is 7.95. The number of ether oxygens (including phenoxy) is 3. The second-order valence-corrected chi connectivity index (χ2v) is 10.5. The molecule has 3 heterocycles. The van der Waals surface area contributed by atoms with Crippen molar-refractivity contribution >= 4 is 0 Å². The van der Waals surface area contributed by atoms with Gasteiger partial charge in [-0.3, -0.25) is 0 Å². The standard InChI is InChI=1S/C30H24O11/c31-14-2-4-24-15(8-14)17-11-30(40-24,13-6-21(35)27(38)22(36)7-13)41-25-10-19(33)16-9-23(37)28(39-29(16)26(17)25)12-1-3-18(32)20(34)5-12/h1-8,10,17,23,28,31-38H,9,11H2/t17-,23-,28+,30-/m0/s1. The first-order chi connectivity index (χ1) is 19.5. The number of aliphatic hydroxyl groups excluding tert-OH is 1. The van der Waals surface area contributed by atoms with Crippen molar-refractivity contribution in [3.8, 4) is 57.5 Å². The number of phenolic OH excluding ortho intramolecular Hbond substituents is 7. The fourth-order valence-corrected chi connectivity index (χ4v) is 6.01. The molecule has 8 N–H and O–H groups in total. The van der Waals surface area contributed by atoms with Gasteiger partial charge in [-0.15, -0.1) is 0 Å². The minimum atomic E-state index is -1.62. The fraction of sp³-hybridized carbons (Fsp3) is 0.200. The van der Waals surface area contributed by atoms with Crippen molar-refractivity contribution in [1.29, 1.82) is 0 Å². The molecule has 0 saturated heterocycles. The average Bonchev–Trinajstić information content (AvgIpc) is 2.93. The van der Waals surface area contributed by atoms with Gasteiger partial charge in [0, 0.05) is 47.1 Å². The van der Waals surface area contributed by atoms with E-state index in [2.05, 4.69) is 0 Å². The van der Waals surface area contributed by atoms with Gasteiger partial charge in [0.25, 0.3) is 5.79 Å². The zero-order valence-electron chi connectivity index (χ0n) is 21.1. The molecule has 0 fully saturated rings. The van der Waals surface area contributed by atoms with Crippen LogP contribution in [-0.4, -0.2) is 47.0 Å². The average molecular weight is 561 g/mol. The van der Waals surface area contributed by atoms with E-state index in [1.165, 1.54) is 48.5 Å². The molecule has 3 aliphatic rings. The van der Waals surface area contributed by atoms with Crippen LogP contribution in [0.4, 0.5) is 0 Å². The minimum absolute atomic E-state index is 0.00170. The Morgan fingerprint density at radius 2 is 1.44 bits per heavy atom. The van der Waals surface area contributed by atoms with Crippen LogP contribution in [0.3, 0.4) is 0 Å². The zero-order valence-corrected chi connectivity index (χ0v) is 21.1. The molecule has 3 aliphatic heterocycles. The molecule has 0 aromatic heterocycles. The second kappa shape index (κ2) is 8.42. The van der Waals surface area contributed by atoms with Crippen LogP contribution in [0, 0.1) is 0 Å². The van der Waals surface area contributed by atoms with Crippen LogP contribution in [0.15, 0.2) is 54.6 Å². The Labute approximate surface area is 231 Å². The van der Waals surface area contributed by atoms with E-state index in [0.29, 0.717) is 28.0 Å². The molecule has 7 rings (SSSR count). The Kier molecular flexibility index (Phi) is 5.10. The molecule has 0 amide bonds. The Morgan fingerprint density at radius 3 is 2.17 bits per heavy atom. The van der Waals surface area contributed by atoms with Gasteiger partial charge in [0.2, 0.25) is 0 Å². The number of aliphatic hydroxyl groups is 1. The number of aromatic hydroxyl groups is 7. The first kappa shape index (κ1) is 24.9. The lowest BCUT2D eigenvalue weighted by molar-refractivity contribution is -0.149. The van der Waals surface area contributed by atoms with Gasteiger partial charge in [0.1, 0.15) is 34.9 Å². The maximum absolute atomic E-state index is 11.0. The van der Waals surface area contributed by atoms with Gasteiger partial charge >= 0.3 is 0 Å². The highest BCUT2D eigenvalue weighted by atomic mass is 16.7. The van der Waals surface area contributed by atoms with Gasteiger partial charge in [-0.1, -0.05) is 6.07 Å². The second-order valence-electron chi connectivity index (χ2n) is 10.5. The summed E-state index contributed by atoms with van der Waals surface area (Å²) in [7, 11) is 0.